The lowest BCUT2D eigenvalue weighted by molar-refractivity contribution is 0.590. The van der Waals surface area contributed by atoms with Crippen LogP contribution in [0.25, 0.3) is 76.2 Å². The van der Waals surface area contributed by atoms with Gasteiger partial charge in [0.05, 0.1) is 42.0 Å². The van der Waals surface area contributed by atoms with Crippen LogP contribution in [-0.2, 0) is 21.7 Å². The summed E-state index contributed by atoms with van der Waals surface area (Å²) in [6.07, 6.45) is 0. The third kappa shape index (κ3) is 4.18. The summed E-state index contributed by atoms with van der Waals surface area (Å²) in [7, 11) is 0. The monoisotopic (exact) mass is 784 g/mol. The molecule has 0 aliphatic rings. The molecule has 9 rings (SSSR count). The molecule has 0 unspecified atom stereocenters. The van der Waals surface area contributed by atoms with Gasteiger partial charge in [-0.3, -0.25) is 0 Å². The number of nitrogens with zero attached hydrogens (tertiary/aromatic N) is 2. The molecule has 5 aromatic carbocycles. The molecule has 0 N–H and O–H groups in total. The highest BCUT2D eigenvalue weighted by Crippen LogP contribution is 2.53. The van der Waals surface area contributed by atoms with E-state index in [1.165, 1.54) is 98.4 Å². The zero-order chi connectivity index (χ0) is 35.8. The molecule has 0 aliphatic carbocycles. The average molecular weight is 787 g/mol. The van der Waals surface area contributed by atoms with Crippen molar-refractivity contribution in [3.05, 3.63) is 91.9 Å². The Morgan fingerprint density at radius 1 is 0.360 bits per heavy atom. The van der Waals surface area contributed by atoms with Crippen molar-refractivity contribution in [1.29, 1.82) is 0 Å². The van der Waals surface area contributed by atoms with Crippen molar-refractivity contribution in [2.75, 3.05) is 0 Å². The van der Waals surface area contributed by atoms with Crippen LogP contribution in [0, 0.1) is 0 Å². The Morgan fingerprint density at radius 3 is 0.980 bits per heavy atom. The second-order valence-electron chi connectivity index (χ2n) is 19.0. The van der Waals surface area contributed by atoms with Gasteiger partial charge in [0.25, 0.3) is 0 Å². The lowest BCUT2D eigenvalue weighted by atomic mass is 9.84. The lowest BCUT2D eigenvalue weighted by Crippen LogP contribution is -2.11. The van der Waals surface area contributed by atoms with Crippen LogP contribution >= 0.6 is 31.9 Å². The third-order valence-corrected chi connectivity index (χ3v) is 13.0. The number of aromatic nitrogens is 2. The molecule has 4 aromatic heterocycles. The minimum Gasteiger partial charge on any atom is -0.307 e. The normalized spacial score (nSPS) is 14.2. The first kappa shape index (κ1) is 32.6. The van der Waals surface area contributed by atoms with Gasteiger partial charge in [-0.2, -0.15) is 0 Å². The van der Waals surface area contributed by atoms with Gasteiger partial charge < -0.3 is 8.80 Å². The van der Waals surface area contributed by atoms with E-state index in [4.69, 9.17) is 0 Å². The van der Waals surface area contributed by atoms with E-state index >= 15 is 0 Å². The zero-order valence-electron chi connectivity index (χ0n) is 31.4. The topological polar surface area (TPSA) is 8.82 Å². The maximum absolute atomic E-state index is 4.35. The SMILES string of the molecule is CC(C)(C)c1ccc2c(c1)c1cc(C(C)(C)C)cc3c4c(Br)c5c(c(Br)c4n2c13)c1cc(C(C)(C)C)cc2c3cc(C(C)(C)C)ccc3n5c21. The summed E-state index contributed by atoms with van der Waals surface area (Å²) >= 11 is 8.69. The highest BCUT2D eigenvalue weighted by atomic mass is 79.9. The summed E-state index contributed by atoms with van der Waals surface area (Å²) in [4.78, 5) is 0. The molecule has 2 nitrogen and oxygen atoms in total. The van der Waals surface area contributed by atoms with Gasteiger partial charge >= 0.3 is 0 Å². The Morgan fingerprint density at radius 2 is 0.660 bits per heavy atom. The maximum atomic E-state index is 4.35. The summed E-state index contributed by atoms with van der Waals surface area (Å²) in [5.41, 5.74) is 13.2. The molecule has 0 atom stereocenters. The highest BCUT2D eigenvalue weighted by Gasteiger charge is 2.31. The van der Waals surface area contributed by atoms with Crippen molar-refractivity contribution in [3.63, 3.8) is 0 Å². The molecular formula is C46H46Br2N2. The van der Waals surface area contributed by atoms with E-state index in [1.54, 1.807) is 0 Å². The second-order valence-corrected chi connectivity index (χ2v) is 20.6. The largest absolute Gasteiger partial charge is 0.307 e. The Labute approximate surface area is 311 Å². The number of hydrogen-bond acceptors (Lipinski definition) is 0. The molecule has 0 amide bonds. The molecule has 9 aromatic rings. The number of fused-ring (bicyclic) bond motifs is 12. The smallest absolute Gasteiger partial charge is 0.0702 e. The summed E-state index contributed by atoms with van der Waals surface area (Å²) in [6, 6.07) is 24.2. The fourth-order valence-electron chi connectivity index (χ4n) is 8.52. The first-order valence-electron chi connectivity index (χ1n) is 18.0. The van der Waals surface area contributed by atoms with Crippen molar-refractivity contribution in [1.82, 2.24) is 8.80 Å². The fourth-order valence-corrected chi connectivity index (χ4v) is 10.1. The third-order valence-electron chi connectivity index (χ3n) is 11.5. The molecule has 0 radical (unpaired) electrons. The van der Waals surface area contributed by atoms with Crippen molar-refractivity contribution in [2.45, 2.75) is 105 Å². The van der Waals surface area contributed by atoms with E-state index in [9.17, 15) is 0 Å². The van der Waals surface area contributed by atoms with Crippen LogP contribution in [0.2, 0.25) is 0 Å². The van der Waals surface area contributed by atoms with Gasteiger partial charge in [0.15, 0.2) is 0 Å². The second kappa shape index (κ2) is 9.75. The standard InChI is InChI=1S/C46H46Br2N2/c1-43(2,3)23-13-15-33-27(17-23)29-19-25(45(7,8)9)21-31-35-38(48)42-36(37(47)41(35)49(33)39(29)31)32-22-26(46(10,11)12)20-30-28-18-24(44(4,5)6)14-16-34(28)50(42)40(30)32/h13-22H,1-12H3. The van der Waals surface area contributed by atoms with E-state index in [-0.39, 0.29) is 21.7 Å². The number of rotatable bonds is 0. The lowest BCUT2D eigenvalue weighted by Gasteiger charge is -2.20. The minimum atomic E-state index is -0.00289. The predicted octanol–water partition coefficient (Wildman–Crippen LogP) is 14.7. The van der Waals surface area contributed by atoms with E-state index in [0.717, 1.165) is 8.95 Å². The van der Waals surface area contributed by atoms with Gasteiger partial charge in [-0.25, -0.2) is 0 Å². The zero-order valence-corrected chi connectivity index (χ0v) is 34.6. The van der Waals surface area contributed by atoms with Crippen LogP contribution in [0.5, 0.6) is 0 Å². The Kier molecular flexibility index (Phi) is 6.35. The predicted molar refractivity (Wildman–Crippen MR) is 226 cm³/mol. The molecule has 0 saturated carbocycles. The minimum absolute atomic E-state index is 0.00289. The van der Waals surface area contributed by atoms with Crippen molar-refractivity contribution in [3.8, 4) is 0 Å². The molecule has 4 heterocycles. The van der Waals surface area contributed by atoms with Gasteiger partial charge in [-0.05, 0) is 124 Å². The Hall–Kier alpha value is -3.34. The summed E-state index contributed by atoms with van der Waals surface area (Å²) in [5.74, 6) is 0. The first-order valence-corrected chi connectivity index (χ1v) is 19.6. The van der Waals surface area contributed by atoms with Gasteiger partial charge in [-0.1, -0.05) is 95.2 Å². The molecule has 254 valence electrons. The number of halogens is 2. The molecular weight excluding hydrogens is 740 g/mol. The first-order chi connectivity index (χ1) is 23.2. The molecule has 0 spiro atoms. The van der Waals surface area contributed by atoms with E-state index in [2.05, 4.69) is 184 Å². The highest BCUT2D eigenvalue weighted by molar-refractivity contribution is 9.11. The Balaban J connectivity index is 1.57. The number of hydrogen-bond donors (Lipinski definition) is 0. The van der Waals surface area contributed by atoms with Gasteiger partial charge in [0.2, 0.25) is 0 Å². The van der Waals surface area contributed by atoms with E-state index in [0.29, 0.717) is 0 Å². The molecule has 0 fully saturated rings. The summed E-state index contributed by atoms with van der Waals surface area (Å²) < 4.78 is 7.42. The van der Waals surface area contributed by atoms with Crippen LogP contribution < -0.4 is 0 Å². The van der Waals surface area contributed by atoms with Crippen LogP contribution in [0.1, 0.15) is 105 Å². The van der Waals surface area contributed by atoms with Gasteiger partial charge in [0, 0.05) is 43.1 Å². The molecule has 0 aliphatic heterocycles. The maximum Gasteiger partial charge on any atom is 0.0702 e. The quantitative estimate of drug-likeness (QED) is 0.145. The summed E-state index contributed by atoms with van der Waals surface area (Å²) in [5, 5.41) is 10.5. The molecule has 50 heavy (non-hydrogen) atoms. The molecule has 0 saturated heterocycles. The molecule has 4 heteroatoms. The van der Waals surface area contributed by atoms with Crippen molar-refractivity contribution < 1.29 is 0 Å². The van der Waals surface area contributed by atoms with E-state index < -0.39 is 0 Å². The van der Waals surface area contributed by atoms with E-state index in [1.807, 2.05) is 0 Å². The average Bonchev–Trinajstić information content (AvgIpc) is 3.73. The van der Waals surface area contributed by atoms with Crippen molar-refractivity contribution >= 4 is 108 Å². The molecule has 0 bridgehead atoms. The Bertz CT molecular complexity index is 2700. The van der Waals surface area contributed by atoms with Crippen molar-refractivity contribution in [2.24, 2.45) is 0 Å². The van der Waals surface area contributed by atoms with Crippen LogP contribution in [0.4, 0.5) is 0 Å². The van der Waals surface area contributed by atoms with Crippen LogP contribution in [0.3, 0.4) is 0 Å². The van der Waals surface area contributed by atoms with Gasteiger partial charge in [-0.15, -0.1) is 0 Å². The van der Waals surface area contributed by atoms with Gasteiger partial charge in [0.1, 0.15) is 0 Å². The fraction of sp³-hybridized carbons (Fsp3) is 0.348. The number of benzene rings is 5. The summed E-state index contributed by atoms with van der Waals surface area (Å²) in [6.45, 7) is 27.9. The van der Waals surface area contributed by atoms with Crippen LogP contribution in [-0.4, -0.2) is 8.80 Å². The van der Waals surface area contributed by atoms with Crippen LogP contribution in [0.15, 0.2) is 69.6 Å².